The summed E-state index contributed by atoms with van der Waals surface area (Å²) in [7, 11) is 0. The number of nitriles is 1. The van der Waals surface area contributed by atoms with Crippen LogP contribution in [0, 0.1) is 35.3 Å². The average molecular weight is 321 g/mol. The van der Waals surface area contributed by atoms with Gasteiger partial charge in [0.2, 0.25) is 0 Å². The number of nitro groups is 1. The topological polar surface area (TPSA) is 84.8 Å². The lowest BCUT2D eigenvalue weighted by Gasteiger charge is -2.04. The Kier molecular flexibility index (Phi) is 3.36. The number of aryl methyl sites for hydroxylation is 1. The smallest absolute Gasteiger partial charge is 0.258 e. The van der Waals surface area contributed by atoms with Gasteiger partial charge in [-0.15, -0.1) is 0 Å². The quantitative estimate of drug-likeness (QED) is 0.628. The highest BCUT2D eigenvalue weighted by atomic mass is 79.9. The third-order valence-electron chi connectivity index (χ3n) is 2.75. The predicted octanol–water partition coefficient (Wildman–Crippen LogP) is 3.03. The third-order valence-corrected chi connectivity index (χ3v) is 3.89. The van der Waals surface area contributed by atoms with Crippen molar-refractivity contribution in [2.75, 3.05) is 0 Å². The summed E-state index contributed by atoms with van der Waals surface area (Å²) in [5, 5.41) is 24.1. The molecule has 19 heavy (non-hydrogen) atoms. The van der Waals surface area contributed by atoms with Gasteiger partial charge in [-0.2, -0.15) is 10.4 Å². The molecule has 96 valence electrons. The van der Waals surface area contributed by atoms with E-state index in [0.29, 0.717) is 5.69 Å². The largest absolute Gasteiger partial charge is 0.289 e. The number of hydrogen-bond donors (Lipinski definition) is 0. The summed E-state index contributed by atoms with van der Waals surface area (Å²) in [5.74, 6) is 0. The number of nitrogens with zero attached hydrogens (tertiary/aromatic N) is 4. The van der Waals surface area contributed by atoms with Gasteiger partial charge in [0.05, 0.1) is 26.5 Å². The Bertz CT molecular complexity index is 715. The van der Waals surface area contributed by atoms with Gasteiger partial charge in [0.15, 0.2) is 0 Å². The molecule has 0 amide bonds. The molecular formula is C12H9BrN4O2. The van der Waals surface area contributed by atoms with E-state index in [4.69, 9.17) is 5.26 Å². The zero-order valence-electron chi connectivity index (χ0n) is 10.2. The molecule has 0 bridgehead atoms. The summed E-state index contributed by atoms with van der Waals surface area (Å²) < 4.78 is 2.47. The monoisotopic (exact) mass is 320 g/mol. The van der Waals surface area contributed by atoms with Crippen molar-refractivity contribution in [3.63, 3.8) is 0 Å². The molecule has 0 radical (unpaired) electrons. The van der Waals surface area contributed by atoms with E-state index in [2.05, 4.69) is 21.0 Å². The molecule has 0 aliphatic carbocycles. The van der Waals surface area contributed by atoms with Crippen LogP contribution in [-0.2, 0) is 0 Å². The van der Waals surface area contributed by atoms with Crippen molar-refractivity contribution >= 4 is 21.6 Å². The van der Waals surface area contributed by atoms with Crippen molar-refractivity contribution in [2.45, 2.75) is 13.8 Å². The minimum atomic E-state index is -0.567. The maximum Gasteiger partial charge on any atom is 0.289 e. The molecule has 0 aliphatic rings. The number of benzene rings is 1. The van der Waals surface area contributed by atoms with E-state index < -0.39 is 4.92 Å². The first-order valence-electron chi connectivity index (χ1n) is 5.36. The Hall–Kier alpha value is -2.20. The summed E-state index contributed by atoms with van der Waals surface area (Å²) in [4.78, 5) is 10.4. The van der Waals surface area contributed by atoms with Crippen LogP contribution in [0.3, 0.4) is 0 Å². The van der Waals surface area contributed by atoms with E-state index in [1.54, 1.807) is 16.8 Å². The van der Waals surface area contributed by atoms with Crippen LogP contribution in [0.2, 0.25) is 0 Å². The fourth-order valence-electron chi connectivity index (χ4n) is 1.77. The molecule has 0 saturated carbocycles. The number of hydrogen-bond acceptors (Lipinski definition) is 4. The molecule has 0 saturated heterocycles. The normalized spacial score (nSPS) is 10.2. The highest BCUT2D eigenvalue weighted by molar-refractivity contribution is 9.10. The second-order valence-corrected chi connectivity index (χ2v) is 4.76. The zero-order chi connectivity index (χ0) is 14.2. The molecule has 6 nitrogen and oxygen atoms in total. The summed E-state index contributed by atoms with van der Waals surface area (Å²) >= 11 is 3.40. The van der Waals surface area contributed by atoms with Crippen LogP contribution in [0.25, 0.3) is 5.69 Å². The van der Waals surface area contributed by atoms with Gasteiger partial charge in [0, 0.05) is 6.07 Å². The van der Waals surface area contributed by atoms with Gasteiger partial charge in [-0.05, 0) is 41.9 Å². The molecule has 1 aromatic carbocycles. The van der Waals surface area contributed by atoms with Crippen LogP contribution in [0.4, 0.5) is 5.69 Å². The minimum absolute atomic E-state index is 0.0364. The van der Waals surface area contributed by atoms with Crippen LogP contribution in [-0.4, -0.2) is 14.7 Å². The van der Waals surface area contributed by atoms with E-state index in [9.17, 15) is 10.1 Å². The van der Waals surface area contributed by atoms with E-state index >= 15 is 0 Å². The highest BCUT2D eigenvalue weighted by Gasteiger charge is 2.17. The molecule has 1 aromatic heterocycles. The molecule has 7 heteroatoms. The molecule has 0 atom stereocenters. The molecule has 2 aromatic rings. The number of halogens is 1. The van der Waals surface area contributed by atoms with Gasteiger partial charge in [0.1, 0.15) is 11.6 Å². The van der Waals surface area contributed by atoms with Gasteiger partial charge in [-0.1, -0.05) is 0 Å². The predicted molar refractivity (Wildman–Crippen MR) is 72.1 cm³/mol. The number of rotatable bonds is 2. The molecule has 0 N–H and O–H groups in total. The minimum Gasteiger partial charge on any atom is -0.258 e. The molecule has 0 aliphatic heterocycles. The second-order valence-electron chi connectivity index (χ2n) is 3.97. The number of aromatic nitrogens is 2. The van der Waals surface area contributed by atoms with Crippen molar-refractivity contribution in [3.05, 3.63) is 49.7 Å². The Morgan fingerprint density at radius 3 is 2.63 bits per heavy atom. The molecule has 0 unspecified atom stereocenters. The second kappa shape index (κ2) is 4.82. The van der Waals surface area contributed by atoms with Crippen molar-refractivity contribution in [3.8, 4) is 11.8 Å². The first kappa shape index (κ1) is 13.2. The Morgan fingerprint density at radius 2 is 2.16 bits per heavy atom. The third kappa shape index (κ3) is 2.22. The van der Waals surface area contributed by atoms with Crippen LogP contribution in [0.5, 0.6) is 0 Å². The average Bonchev–Trinajstić information content (AvgIpc) is 2.65. The van der Waals surface area contributed by atoms with E-state index in [1.807, 2.05) is 13.8 Å². The van der Waals surface area contributed by atoms with Crippen LogP contribution < -0.4 is 0 Å². The maximum absolute atomic E-state index is 10.9. The lowest BCUT2D eigenvalue weighted by molar-refractivity contribution is -0.385. The maximum atomic E-state index is 10.9. The summed E-state index contributed by atoms with van der Waals surface area (Å²) in [5.41, 5.74) is 2.01. The fourth-order valence-corrected chi connectivity index (χ4v) is 2.02. The first-order chi connectivity index (χ1) is 8.95. The molecule has 1 heterocycles. The van der Waals surface area contributed by atoms with Crippen molar-refractivity contribution < 1.29 is 4.92 Å². The Morgan fingerprint density at radius 1 is 1.47 bits per heavy atom. The SMILES string of the molecule is Cc1nn(-c2ccc(C#N)c([N+](=O)[O-])c2)c(C)c1Br. The lowest BCUT2D eigenvalue weighted by atomic mass is 10.2. The highest BCUT2D eigenvalue weighted by Crippen LogP contribution is 2.26. The van der Waals surface area contributed by atoms with E-state index in [-0.39, 0.29) is 11.3 Å². The van der Waals surface area contributed by atoms with Crippen molar-refractivity contribution in [1.29, 1.82) is 5.26 Å². The van der Waals surface area contributed by atoms with Gasteiger partial charge in [-0.25, -0.2) is 4.68 Å². The van der Waals surface area contributed by atoms with Gasteiger partial charge in [-0.3, -0.25) is 10.1 Å². The van der Waals surface area contributed by atoms with E-state index in [0.717, 1.165) is 15.9 Å². The van der Waals surface area contributed by atoms with Gasteiger partial charge < -0.3 is 0 Å². The van der Waals surface area contributed by atoms with Gasteiger partial charge >= 0.3 is 0 Å². The molecule has 2 rings (SSSR count). The van der Waals surface area contributed by atoms with Crippen molar-refractivity contribution in [1.82, 2.24) is 9.78 Å². The summed E-state index contributed by atoms with van der Waals surface area (Å²) in [6.45, 7) is 3.69. The first-order valence-corrected chi connectivity index (χ1v) is 6.15. The molecule has 0 fully saturated rings. The Labute approximate surface area is 117 Å². The fraction of sp³-hybridized carbons (Fsp3) is 0.167. The van der Waals surface area contributed by atoms with E-state index in [1.165, 1.54) is 12.1 Å². The Balaban J connectivity index is 2.64. The molecule has 0 spiro atoms. The lowest BCUT2D eigenvalue weighted by Crippen LogP contribution is -2.01. The van der Waals surface area contributed by atoms with Crippen LogP contribution >= 0.6 is 15.9 Å². The van der Waals surface area contributed by atoms with Crippen LogP contribution in [0.15, 0.2) is 22.7 Å². The summed E-state index contributed by atoms with van der Waals surface area (Å²) in [6.07, 6.45) is 0. The number of nitro benzene ring substituents is 1. The van der Waals surface area contributed by atoms with Gasteiger partial charge in [0.25, 0.3) is 5.69 Å². The standard InChI is InChI=1S/C12H9BrN4O2/c1-7-12(13)8(2)16(15-7)10-4-3-9(6-14)11(5-10)17(18)19/h3-5H,1-2H3. The summed E-state index contributed by atoms with van der Waals surface area (Å²) in [6, 6.07) is 6.22. The van der Waals surface area contributed by atoms with Crippen LogP contribution in [0.1, 0.15) is 17.0 Å². The zero-order valence-corrected chi connectivity index (χ0v) is 11.8. The molecular weight excluding hydrogens is 312 g/mol. The van der Waals surface area contributed by atoms with Crippen molar-refractivity contribution in [2.24, 2.45) is 0 Å².